The van der Waals surface area contributed by atoms with Crippen molar-refractivity contribution in [2.24, 2.45) is 5.10 Å². The number of benzene rings is 2. The van der Waals surface area contributed by atoms with Crippen molar-refractivity contribution in [3.05, 3.63) is 75.8 Å². The summed E-state index contributed by atoms with van der Waals surface area (Å²) in [7, 11) is 0. The molecule has 1 aliphatic rings. The maximum absolute atomic E-state index is 12.6. The zero-order chi connectivity index (χ0) is 18.3. The van der Waals surface area contributed by atoms with Crippen LogP contribution in [-0.2, 0) is 13.1 Å². The van der Waals surface area contributed by atoms with Crippen molar-refractivity contribution < 1.29 is 0 Å². The number of hydrogen-bond acceptors (Lipinski definition) is 2. The van der Waals surface area contributed by atoms with Crippen LogP contribution >= 0.6 is 0 Å². The van der Waals surface area contributed by atoms with Gasteiger partial charge in [-0.1, -0.05) is 29.8 Å². The highest BCUT2D eigenvalue weighted by molar-refractivity contribution is 6.32. The maximum atomic E-state index is 12.6. The lowest BCUT2D eigenvalue weighted by Gasteiger charge is -2.08. The Morgan fingerprint density at radius 1 is 0.923 bits per heavy atom. The topological polar surface area (TPSA) is 53.4 Å². The summed E-state index contributed by atoms with van der Waals surface area (Å²) in [6.45, 7) is 7.37. The highest BCUT2D eigenvalue weighted by Crippen LogP contribution is 2.27. The number of imidazole rings is 1. The van der Waals surface area contributed by atoms with Crippen LogP contribution in [0.1, 0.15) is 30.5 Å². The van der Waals surface area contributed by atoms with Crippen LogP contribution in [0, 0.1) is 6.92 Å². The Morgan fingerprint density at radius 3 is 2.42 bits per heavy atom. The largest absolute Gasteiger partial charge is 0.329 e. The van der Waals surface area contributed by atoms with Gasteiger partial charge in [-0.05, 0) is 44.5 Å². The predicted molar refractivity (Wildman–Crippen MR) is 105 cm³/mol. The fraction of sp³-hybridized carbons (Fsp3) is 0.238. The van der Waals surface area contributed by atoms with Crippen molar-refractivity contribution in [3.63, 3.8) is 0 Å². The van der Waals surface area contributed by atoms with Gasteiger partial charge in [0, 0.05) is 24.2 Å². The molecule has 3 aromatic rings. The van der Waals surface area contributed by atoms with Crippen LogP contribution in [0.4, 0.5) is 0 Å². The molecule has 1 aliphatic heterocycles. The Morgan fingerprint density at radius 2 is 1.69 bits per heavy atom. The number of fused-ring (bicyclic) bond motifs is 1. The van der Waals surface area contributed by atoms with Crippen LogP contribution in [0.2, 0.25) is 0 Å². The first kappa shape index (κ1) is 16.4. The number of aromatic nitrogens is 2. The van der Waals surface area contributed by atoms with Crippen LogP contribution in [-0.4, -0.2) is 14.8 Å². The Kier molecular flexibility index (Phi) is 3.99. The molecule has 0 amide bonds. The quantitative estimate of drug-likeness (QED) is 0.714. The summed E-state index contributed by atoms with van der Waals surface area (Å²) in [6.07, 6.45) is 1.80. The second-order valence-corrected chi connectivity index (χ2v) is 6.45. The van der Waals surface area contributed by atoms with Crippen molar-refractivity contribution in [2.75, 3.05) is 0 Å². The summed E-state index contributed by atoms with van der Waals surface area (Å²) in [5, 5.41) is 4.34. The average molecular weight is 345 g/mol. The van der Waals surface area contributed by atoms with E-state index in [-0.39, 0.29) is 5.69 Å². The average Bonchev–Trinajstić information content (AvgIpc) is 3.23. The van der Waals surface area contributed by atoms with E-state index in [1.807, 2.05) is 41.2 Å². The van der Waals surface area contributed by atoms with E-state index in [2.05, 4.69) is 41.7 Å². The molecule has 5 nitrogen and oxygen atoms in total. The molecule has 5 heteroatoms. The molecule has 1 radical (unpaired) electrons. The molecule has 2 aromatic carbocycles. The molecule has 0 unspecified atom stereocenters. The predicted octanol–water partition coefficient (Wildman–Crippen LogP) is 3.51. The summed E-state index contributed by atoms with van der Waals surface area (Å²) in [5.74, 6) is 0. The van der Waals surface area contributed by atoms with Gasteiger partial charge in [0.2, 0.25) is 0 Å². The molecule has 0 saturated carbocycles. The molecule has 0 N–H and O–H groups in total. The summed E-state index contributed by atoms with van der Waals surface area (Å²) in [4.78, 5) is 12.6. The van der Waals surface area contributed by atoms with E-state index in [4.69, 9.17) is 0 Å². The van der Waals surface area contributed by atoms with Crippen molar-refractivity contribution in [2.45, 2.75) is 33.9 Å². The standard InChI is InChI=1S/C21H21N4O/c1-4-24-18-10-9-15(12-19(18)25(5-2)21(24)26)17-13-22-23-20(17)16-8-6-7-14(3)11-16/h6-13H,4-5H2,1-3H3. The second-order valence-electron chi connectivity index (χ2n) is 6.45. The number of aryl methyl sites for hydroxylation is 3. The first-order valence-corrected chi connectivity index (χ1v) is 8.93. The van der Waals surface area contributed by atoms with Gasteiger partial charge < -0.3 is 0 Å². The first-order valence-electron chi connectivity index (χ1n) is 8.93. The van der Waals surface area contributed by atoms with Crippen LogP contribution < -0.4 is 11.1 Å². The highest BCUT2D eigenvalue weighted by Gasteiger charge is 2.19. The third kappa shape index (κ3) is 2.47. The molecule has 26 heavy (non-hydrogen) atoms. The molecule has 0 saturated heterocycles. The lowest BCUT2D eigenvalue weighted by Crippen LogP contribution is -2.23. The number of hydrogen-bond donors (Lipinski definition) is 0. The Bertz CT molecular complexity index is 1110. The fourth-order valence-corrected chi connectivity index (χ4v) is 3.57. The summed E-state index contributed by atoms with van der Waals surface area (Å²) in [5.41, 5.74) is 11.2. The van der Waals surface area contributed by atoms with Gasteiger partial charge in [-0.3, -0.25) is 9.13 Å². The molecule has 0 bridgehead atoms. The minimum absolute atomic E-state index is 0.0415. The zero-order valence-corrected chi connectivity index (χ0v) is 15.2. The van der Waals surface area contributed by atoms with Crippen molar-refractivity contribution in [1.82, 2.24) is 14.6 Å². The summed E-state index contributed by atoms with van der Waals surface area (Å²) in [6, 6.07) is 14.4. The van der Waals surface area contributed by atoms with Crippen LogP contribution in [0.15, 0.2) is 58.6 Å². The smallest absolute Gasteiger partial charge is 0.292 e. The highest BCUT2D eigenvalue weighted by atomic mass is 16.1. The lowest BCUT2D eigenvalue weighted by atomic mass is 9.96. The zero-order valence-electron chi connectivity index (χ0n) is 15.2. The molecule has 0 aliphatic carbocycles. The van der Waals surface area contributed by atoms with Gasteiger partial charge in [-0.2, -0.15) is 5.43 Å². The van der Waals surface area contributed by atoms with Gasteiger partial charge in [0.15, 0.2) is 0 Å². The number of nitrogens with zero attached hydrogens (tertiary/aromatic N) is 4. The van der Waals surface area contributed by atoms with E-state index in [0.717, 1.165) is 33.4 Å². The minimum atomic E-state index is 0.0415. The SMILES string of the molecule is CCn1c(=O)n(CC)c2cc(C3=C[N]N=C3c3cccc(C)c3)ccc21. The third-order valence-corrected chi connectivity index (χ3v) is 4.85. The molecule has 1 aromatic heterocycles. The number of rotatable bonds is 4. The first-order chi connectivity index (χ1) is 12.6. The third-order valence-electron chi connectivity index (χ3n) is 4.85. The fourth-order valence-electron chi connectivity index (χ4n) is 3.57. The van der Waals surface area contributed by atoms with Gasteiger partial charge in [0.05, 0.1) is 17.2 Å². The normalized spacial score (nSPS) is 13.7. The molecular weight excluding hydrogens is 324 g/mol. The second kappa shape index (κ2) is 6.33. The van der Waals surface area contributed by atoms with Gasteiger partial charge in [0.1, 0.15) is 5.71 Å². The van der Waals surface area contributed by atoms with Gasteiger partial charge in [-0.15, -0.1) is 5.10 Å². The van der Waals surface area contributed by atoms with Gasteiger partial charge in [-0.25, -0.2) is 4.79 Å². The van der Waals surface area contributed by atoms with Crippen molar-refractivity contribution in [1.29, 1.82) is 0 Å². The van der Waals surface area contributed by atoms with E-state index < -0.39 is 0 Å². The summed E-state index contributed by atoms with van der Waals surface area (Å²) < 4.78 is 3.63. The molecular formula is C21H21N4O. The van der Waals surface area contributed by atoms with E-state index in [9.17, 15) is 4.79 Å². The van der Waals surface area contributed by atoms with E-state index in [0.29, 0.717) is 13.1 Å². The van der Waals surface area contributed by atoms with E-state index in [1.165, 1.54) is 5.56 Å². The van der Waals surface area contributed by atoms with Crippen molar-refractivity contribution in [3.8, 4) is 0 Å². The summed E-state index contributed by atoms with van der Waals surface area (Å²) >= 11 is 0. The molecule has 2 heterocycles. The maximum Gasteiger partial charge on any atom is 0.329 e. The Balaban J connectivity index is 1.85. The monoisotopic (exact) mass is 345 g/mol. The molecule has 0 atom stereocenters. The van der Waals surface area contributed by atoms with Crippen LogP contribution in [0.3, 0.4) is 0 Å². The molecule has 0 fully saturated rings. The molecule has 4 rings (SSSR count). The van der Waals surface area contributed by atoms with Crippen LogP contribution in [0.5, 0.6) is 0 Å². The minimum Gasteiger partial charge on any atom is -0.292 e. The Labute approximate surface area is 152 Å². The molecule has 131 valence electrons. The lowest BCUT2D eigenvalue weighted by molar-refractivity contribution is 0.671. The van der Waals surface area contributed by atoms with E-state index >= 15 is 0 Å². The van der Waals surface area contributed by atoms with Gasteiger partial charge >= 0.3 is 5.69 Å². The van der Waals surface area contributed by atoms with Gasteiger partial charge in [0.25, 0.3) is 0 Å². The van der Waals surface area contributed by atoms with Crippen molar-refractivity contribution >= 4 is 22.3 Å². The molecule has 0 spiro atoms. The Hall–Kier alpha value is -3.08. The van der Waals surface area contributed by atoms with E-state index in [1.54, 1.807) is 6.20 Å². The number of allylic oxidation sites excluding steroid dienone is 1. The van der Waals surface area contributed by atoms with Crippen LogP contribution in [0.25, 0.3) is 16.6 Å².